The number of hydrogen-bond donors (Lipinski definition) is 2. The van der Waals surface area contributed by atoms with Gasteiger partial charge in [-0.3, -0.25) is 0 Å². The number of anilines is 1. The largest absolute Gasteiger partial charge is 0.397 e. The molecule has 1 aliphatic heterocycles. The molecule has 1 saturated heterocycles. The molecule has 0 radical (unpaired) electrons. The Hall–Kier alpha value is -1.35. The number of nitrogens with zero attached hydrogens (tertiary/aromatic N) is 1. The molecule has 1 aromatic carbocycles. The maximum Gasteiger partial charge on any atom is 0.0646 e. The number of benzene rings is 1. The van der Waals surface area contributed by atoms with E-state index in [1.165, 1.54) is 0 Å². The van der Waals surface area contributed by atoms with Crippen molar-refractivity contribution in [2.75, 3.05) is 25.0 Å². The Kier molecular flexibility index (Phi) is 3.68. The number of nitrogens with one attached hydrogen (secondary N) is 1. The van der Waals surface area contributed by atoms with Crippen molar-refractivity contribution in [1.29, 1.82) is 0 Å². The van der Waals surface area contributed by atoms with Gasteiger partial charge in [-0.1, -0.05) is 25.4 Å². The van der Waals surface area contributed by atoms with Crippen molar-refractivity contribution in [3.05, 3.63) is 34.5 Å². The first-order valence-electron chi connectivity index (χ1n) is 6.52. The van der Waals surface area contributed by atoms with Crippen molar-refractivity contribution in [3.8, 4) is 0 Å². The fourth-order valence-corrected chi connectivity index (χ4v) is 2.89. The van der Waals surface area contributed by atoms with Gasteiger partial charge in [-0.25, -0.2) is 0 Å². The molecule has 0 atom stereocenters. The lowest BCUT2D eigenvalue weighted by molar-refractivity contribution is 0.276. The number of rotatable bonds is 3. The van der Waals surface area contributed by atoms with Gasteiger partial charge in [0.1, 0.15) is 0 Å². The van der Waals surface area contributed by atoms with Crippen LogP contribution in [0.4, 0.5) is 5.69 Å². The summed E-state index contributed by atoms with van der Waals surface area (Å²) < 4.78 is 0. The van der Waals surface area contributed by atoms with Gasteiger partial charge in [0.2, 0.25) is 0 Å². The molecule has 0 saturated carbocycles. The van der Waals surface area contributed by atoms with Crippen LogP contribution < -0.4 is 16.0 Å². The Morgan fingerprint density at radius 3 is 2.58 bits per heavy atom. The summed E-state index contributed by atoms with van der Waals surface area (Å²) in [7, 11) is 1.83. The predicted octanol–water partition coefficient (Wildman–Crippen LogP) is 2.97. The predicted molar refractivity (Wildman–Crippen MR) is 83.4 cm³/mol. The third-order valence-electron chi connectivity index (χ3n) is 3.48. The second-order valence-corrected chi connectivity index (χ2v) is 6.43. The van der Waals surface area contributed by atoms with Crippen LogP contribution in [0, 0.1) is 12.3 Å². The maximum absolute atomic E-state index is 6.40. The summed E-state index contributed by atoms with van der Waals surface area (Å²) in [6.07, 6.45) is 1.78. The van der Waals surface area contributed by atoms with E-state index in [1.807, 2.05) is 13.1 Å². The molecule has 0 amide bonds. The van der Waals surface area contributed by atoms with Crippen LogP contribution >= 0.6 is 11.6 Å². The van der Waals surface area contributed by atoms with Gasteiger partial charge in [-0.05, 0) is 30.0 Å². The third-order valence-corrected chi connectivity index (χ3v) is 3.79. The molecular weight excluding hydrogens is 258 g/mol. The number of hydrogen-bond acceptors (Lipinski definition) is 3. The van der Waals surface area contributed by atoms with Gasteiger partial charge in [0, 0.05) is 31.9 Å². The molecule has 19 heavy (non-hydrogen) atoms. The minimum atomic E-state index is 0.390. The fourth-order valence-electron chi connectivity index (χ4n) is 2.61. The lowest BCUT2D eigenvalue weighted by Crippen LogP contribution is -2.53. The van der Waals surface area contributed by atoms with Gasteiger partial charge in [0.25, 0.3) is 0 Å². The minimum Gasteiger partial charge on any atom is -0.397 e. The van der Waals surface area contributed by atoms with Crippen LogP contribution in [-0.4, -0.2) is 20.1 Å². The summed E-state index contributed by atoms with van der Waals surface area (Å²) in [5.41, 5.74) is 10.4. The summed E-state index contributed by atoms with van der Waals surface area (Å²) in [4.78, 5) is 2.32. The fraction of sp³-hybridized carbons (Fsp3) is 0.467. The average Bonchev–Trinajstić information content (AvgIpc) is 2.28. The molecule has 1 heterocycles. The lowest BCUT2D eigenvalue weighted by atomic mass is 9.84. The Morgan fingerprint density at radius 2 is 2.05 bits per heavy atom. The Morgan fingerprint density at radius 1 is 1.42 bits per heavy atom. The molecule has 104 valence electrons. The summed E-state index contributed by atoms with van der Waals surface area (Å²) >= 11 is 6.40. The highest BCUT2D eigenvalue weighted by Gasteiger charge is 2.35. The van der Waals surface area contributed by atoms with Crippen molar-refractivity contribution in [2.24, 2.45) is 11.1 Å². The van der Waals surface area contributed by atoms with E-state index in [1.54, 1.807) is 6.20 Å². The van der Waals surface area contributed by atoms with Crippen molar-refractivity contribution >= 4 is 23.0 Å². The van der Waals surface area contributed by atoms with Crippen LogP contribution in [0.1, 0.15) is 25.0 Å². The molecule has 0 spiro atoms. The zero-order valence-corrected chi connectivity index (χ0v) is 12.8. The van der Waals surface area contributed by atoms with E-state index in [0.717, 1.165) is 34.9 Å². The number of nitrogens with two attached hydrogens (primary N) is 1. The number of halogens is 1. The summed E-state index contributed by atoms with van der Waals surface area (Å²) in [5.74, 6) is 0. The van der Waals surface area contributed by atoms with E-state index < -0.39 is 0 Å². The summed E-state index contributed by atoms with van der Waals surface area (Å²) in [6, 6.07) is 4.09. The third kappa shape index (κ3) is 2.81. The van der Waals surface area contributed by atoms with Crippen molar-refractivity contribution < 1.29 is 0 Å². The molecule has 0 aromatic heterocycles. The van der Waals surface area contributed by atoms with E-state index in [0.29, 0.717) is 11.1 Å². The first-order valence-corrected chi connectivity index (χ1v) is 6.90. The smallest absolute Gasteiger partial charge is 0.0646 e. The monoisotopic (exact) mass is 279 g/mol. The SMILES string of the molecule is CN/C=C(\N)c1cc(Cl)c(N2CC(C)(C)C2)cc1C. The Bertz CT molecular complexity index is 512. The molecule has 1 aliphatic rings. The normalized spacial score (nSPS) is 18.2. The second-order valence-electron chi connectivity index (χ2n) is 6.03. The highest BCUT2D eigenvalue weighted by atomic mass is 35.5. The molecule has 0 aliphatic carbocycles. The molecule has 2 rings (SSSR count). The first kappa shape index (κ1) is 14.1. The van der Waals surface area contributed by atoms with Crippen molar-refractivity contribution in [3.63, 3.8) is 0 Å². The molecule has 3 N–H and O–H groups in total. The van der Waals surface area contributed by atoms with Gasteiger partial charge in [0.15, 0.2) is 0 Å². The lowest BCUT2D eigenvalue weighted by Gasteiger charge is -2.47. The molecule has 1 aromatic rings. The second kappa shape index (κ2) is 4.97. The average molecular weight is 280 g/mol. The van der Waals surface area contributed by atoms with Crippen LogP contribution in [0.15, 0.2) is 18.3 Å². The van der Waals surface area contributed by atoms with E-state index in [4.69, 9.17) is 17.3 Å². The van der Waals surface area contributed by atoms with Crippen LogP contribution in [0.25, 0.3) is 5.70 Å². The zero-order valence-electron chi connectivity index (χ0n) is 12.0. The maximum atomic E-state index is 6.40. The van der Waals surface area contributed by atoms with E-state index in [2.05, 4.69) is 37.1 Å². The molecule has 1 fully saturated rings. The van der Waals surface area contributed by atoms with Gasteiger partial charge in [-0.15, -0.1) is 0 Å². The molecule has 0 unspecified atom stereocenters. The summed E-state index contributed by atoms with van der Waals surface area (Å²) in [5, 5.41) is 3.71. The van der Waals surface area contributed by atoms with E-state index in [-0.39, 0.29) is 0 Å². The topological polar surface area (TPSA) is 41.3 Å². The summed E-state index contributed by atoms with van der Waals surface area (Å²) in [6.45, 7) is 8.70. The standard InChI is InChI=1S/C15H22ClN3/c1-10-5-14(19-8-15(2,3)9-19)12(16)6-11(10)13(17)7-18-4/h5-7,18H,8-9,17H2,1-4H3/b13-7-. The molecular formula is C15H22ClN3. The van der Waals surface area contributed by atoms with Gasteiger partial charge in [-0.2, -0.15) is 0 Å². The quantitative estimate of drug-likeness (QED) is 0.894. The molecule has 4 heteroatoms. The van der Waals surface area contributed by atoms with Crippen LogP contribution in [0.5, 0.6) is 0 Å². The van der Waals surface area contributed by atoms with Gasteiger partial charge >= 0.3 is 0 Å². The highest BCUT2D eigenvalue weighted by Crippen LogP contribution is 2.38. The zero-order chi connectivity index (χ0) is 14.2. The van der Waals surface area contributed by atoms with Crippen LogP contribution in [0.3, 0.4) is 0 Å². The Labute approximate surface area is 120 Å². The first-order chi connectivity index (χ1) is 8.84. The molecule has 0 bridgehead atoms. The van der Waals surface area contributed by atoms with Crippen LogP contribution in [-0.2, 0) is 0 Å². The molecule has 3 nitrogen and oxygen atoms in total. The van der Waals surface area contributed by atoms with Crippen molar-refractivity contribution in [1.82, 2.24) is 5.32 Å². The highest BCUT2D eigenvalue weighted by molar-refractivity contribution is 6.33. The van der Waals surface area contributed by atoms with Gasteiger partial charge < -0.3 is 16.0 Å². The van der Waals surface area contributed by atoms with Crippen LogP contribution in [0.2, 0.25) is 5.02 Å². The van der Waals surface area contributed by atoms with E-state index in [9.17, 15) is 0 Å². The van der Waals surface area contributed by atoms with E-state index >= 15 is 0 Å². The Balaban J connectivity index is 2.30. The van der Waals surface area contributed by atoms with Crippen molar-refractivity contribution in [2.45, 2.75) is 20.8 Å². The number of aryl methyl sites for hydroxylation is 1. The van der Waals surface area contributed by atoms with Gasteiger partial charge in [0.05, 0.1) is 16.4 Å². The minimum absolute atomic E-state index is 0.390.